The fourth-order valence-corrected chi connectivity index (χ4v) is 3.03. The zero-order valence-corrected chi connectivity index (χ0v) is 15.2. The van der Waals surface area contributed by atoms with Gasteiger partial charge < -0.3 is 15.4 Å². The second kappa shape index (κ2) is 7.45. The van der Waals surface area contributed by atoms with Gasteiger partial charge in [-0.05, 0) is 19.1 Å². The van der Waals surface area contributed by atoms with Gasteiger partial charge in [0.15, 0.2) is 11.6 Å². The highest BCUT2D eigenvalue weighted by Crippen LogP contribution is 2.36. The number of hydrogen-bond donors (Lipinski definition) is 2. The summed E-state index contributed by atoms with van der Waals surface area (Å²) in [6.07, 6.45) is 0. The van der Waals surface area contributed by atoms with Gasteiger partial charge in [0.1, 0.15) is 6.61 Å². The molecule has 0 unspecified atom stereocenters. The van der Waals surface area contributed by atoms with Crippen molar-refractivity contribution in [3.05, 3.63) is 70.8 Å². The van der Waals surface area contributed by atoms with Crippen LogP contribution in [0.5, 0.6) is 0 Å². The van der Waals surface area contributed by atoms with E-state index >= 15 is 0 Å². The lowest BCUT2D eigenvalue weighted by Crippen LogP contribution is -2.24. The van der Waals surface area contributed by atoms with Crippen LogP contribution in [0.4, 0.5) is 11.4 Å². The standard InChI is InChI=1S/C21H20N2O4/c1-12(2)21(26)27-11-10-23-16-9-8-15(22-3)17-18(16)20(25)14-7-5-4-6-13(14)19(17)24/h4-9,22-23H,1,10-11H2,2-3H3. The number of ether oxygens (including phenoxy) is 1. The molecule has 0 aliphatic heterocycles. The summed E-state index contributed by atoms with van der Waals surface area (Å²) in [6, 6.07) is 10.3. The summed E-state index contributed by atoms with van der Waals surface area (Å²) in [7, 11) is 1.71. The van der Waals surface area contributed by atoms with E-state index in [4.69, 9.17) is 4.74 Å². The summed E-state index contributed by atoms with van der Waals surface area (Å²) in [5.41, 5.74) is 2.92. The molecule has 2 N–H and O–H groups in total. The maximum atomic E-state index is 13.1. The predicted octanol–water partition coefficient (Wildman–Crippen LogP) is 3.03. The highest BCUT2D eigenvalue weighted by molar-refractivity contribution is 6.31. The molecular weight excluding hydrogens is 344 g/mol. The Morgan fingerprint density at radius 3 is 2.11 bits per heavy atom. The average Bonchev–Trinajstić information content (AvgIpc) is 2.68. The molecule has 3 rings (SSSR count). The van der Waals surface area contributed by atoms with Crippen molar-refractivity contribution < 1.29 is 19.1 Å². The number of carbonyl (C=O) groups is 3. The molecule has 0 bridgehead atoms. The lowest BCUT2D eigenvalue weighted by Gasteiger charge is -2.23. The second-order valence-corrected chi connectivity index (χ2v) is 6.21. The number of nitrogens with one attached hydrogen (secondary N) is 2. The molecule has 1 aliphatic rings. The molecule has 138 valence electrons. The molecule has 0 saturated heterocycles. The van der Waals surface area contributed by atoms with Crippen LogP contribution in [-0.2, 0) is 9.53 Å². The first-order chi connectivity index (χ1) is 13.0. The van der Waals surface area contributed by atoms with Crippen LogP contribution in [-0.4, -0.2) is 37.7 Å². The van der Waals surface area contributed by atoms with Crippen molar-refractivity contribution >= 4 is 28.9 Å². The summed E-state index contributed by atoms with van der Waals surface area (Å²) in [5.74, 6) is -0.870. The van der Waals surface area contributed by atoms with Crippen LogP contribution in [0.1, 0.15) is 38.8 Å². The van der Waals surface area contributed by atoms with Crippen LogP contribution in [0, 0.1) is 0 Å². The normalized spacial score (nSPS) is 12.1. The Kier molecular flexibility index (Phi) is 5.07. The molecule has 6 nitrogen and oxygen atoms in total. The largest absolute Gasteiger partial charge is 0.460 e. The topological polar surface area (TPSA) is 84.5 Å². The molecule has 6 heteroatoms. The number of anilines is 2. The third-order valence-electron chi connectivity index (χ3n) is 4.34. The summed E-state index contributed by atoms with van der Waals surface area (Å²) in [4.78, 5) is 37.5. The fraction of sp³-hybridized carbons (Fsp3) is 0.190. The van der Waals surface area contributed by atoms with Gasteiger partial charge in [0.05, 0.1) is 11.1 Å². The Hall–Kier alpha value is -3.41. The van der Waals surface area contributed by atoms with Gasteiger partial charge in [-0.1, -0.05) is 30.8 Å². The molecule has 2 aromatic rings. The summed E-state index contributed by atoms with van der Waals surface area (Å²) in [5, 5.41) is 6.07. The molecule has 0 heterocycles. The minimum Gasteiger partial charge on any atom is -0.460 e. The maximum absolute atomic E-state index is 13.1. The van der Waals surface area contributed by atoms with Gasteiger partial charge >= 0.3 is 5.97 Å². The van der Waals surface area contributed by atoms with Crippen LogP contribution in [0.15, 0.2) is 48.6 Å². The molecule has 0 amide bonds. The highest BCUT2D eigenvalue weighted by Gasteiger charge is 2.33. The van der Waals surface area contributed by atoms with Crippen LogP contribution in [0.3, 0.4) is 0 Å². The van der Waals surface area contributed by atoms with Gasteiger partial charge in [0, 0.05) is 41.7 Å². The van der Waals surface area contributed by atoms with Gasteiger partial charge in [-0.15, -0.1) is 0 Å². The molecule has 1 aliphatic carbocycles. The van der Waals surface area contributed by atoms with Crippen molar-refractivity contribution in [1.29, 1.82) is 0 Å². The van der Waals surface area contributed by atoms with E-state index in [-0.39, 0.29) is 18.2 Å². The Morgan fingerprint density at radius 1 is 1.00 bits per heavy atom. The minimum absolute atomic E-state index is 0.118. The average molecular weight is 364 g/mol. The highest BCUT2D eigenvalue weighted by atomic mass is 16.5. The van der Waals surface area contributed by atoms with E-state index < -0.39 is 5.97 Å². The van der Waals surface area contributed by atoms with Crippen LogP contribution in [0.25, 0.3) is 0 Å². The van der Waals surface area contributed by atoms with Crippen molar-refractivity contribution in [1.82, 2.24) is 0 Å². The summed E-state index contributed by atoms with van der Waals surface area (Å²) < 4.78 is 5.05. The number of benzene rings is 2. The molecule has 27 heavy (non-hydrogen) atoms. The van der Waals surface area contributed by atoms with Gasteiger partial charge in [0.2, 0.25) is 0 Å². The van der Waals surface area contributed by atoms with Crippen LogP contribution >= 0.6 is 0 Å². The van der Waals surface area contributed by atoms with Gasteiger partial charge in [-0.25, -0.2) is 4.79 Å². The molecule has 0 spiro atoms. The molecule has 0 atom stereocenters. The smallest absolute Gasteiger partial charge is 0.333 e. The Labute approximate surface area is 157 Å². The van der Waals surface area contributed by atoms with E-state index in [0.29, 0.717) is 45.7 Å². The molecule has 0 saturated carbocycles. The van der Waals surface area contributed by atoms with Crippen LogP contribution in [0.2, 0.25) is 0 Å². The number of rotatable bonds is 6. The van der Waals surface area contributed by atoms with Gasteiger partial charge in [-0.2, -0.15) is 0 Å². The second-order valence-electron chi connectivity index (χ2n) is 6.21. The van der Waals surface area contributed by atoms with E-state index in [1.54, 1.807) is 50.4 Å². The first-order valence-electron chi connectivity index (χ1n) is 8.55. The Balaban J connectivity index is 1.92. The number of fused-ring (bicyclic) bond motifs is 2. The predicted molar refractivity (Wildman–Crippen MR) is 104 cm³/mol. The third kappa shape index (κ3) is 3.33. The number of hydrogen-bond acceptors (Lipinski definition) is 6. The minimum atomic E-state index is -0.468. The van der Waals surface area contributed by atoms with E-state index in [9.17, 15) is 14.4 Å². The number of ketones is 2. The Morgan fingerprint density at radius 2 is 1.56 bits per heavy atom. The van der Waals surface area contributed by atoms with Crippen molar-refractivity contribution in [2.75, 3.05) is 30.8 Å². The molecule has 2 aromatic carbocycles. The van der Waals surface area contributed by atoms with Crippen molar-refractivity contribution in [3.8, 4) is 0 Å². The molecule has 0 fully saturated rings. The SMILES string of the molecule is C=C(C)C(=O)OCCNc1ccc(NC)c2c1C(=O)c1ccccc1C2=O. The Bertz CT molecular complexity index is 963. The van der Waals surface area contributed by atoms with Crippen LogP contribution < -0.4 is 10.6 Å². The fourth-order valence-electron chi connectivity index (χ4n) is 3.03. The van der Waals surface area contributed by atoms with Gasteiger partial charge in [0.25, 0.3) is 0 Å². The van der Waals surface area contributed by atoms with Crippen molar-refractivity contribution in [3.63, 3.8) is 0 Å². The third-order valence-corrected chi connectivity index (χ3v) is 4.34. The lowest BCUT2D eigenvalue weighted by molar-refractivity contribution is -0.138. The molecule has 0 aromatic heterocycles. The summed E-state index contributed by atoms with van der Waals surface area (Å²) >= 11 is 0. The van der Waals surface area contributed by atoms with E-state index in [1.165, 1.54) is 0 Å². The lowest BCUT2D eigenvalue weighted by atomic mass is 9.82. The number of carbonyl (C=O) groups excluding carboxylic acids is 3. The van der Waals surface area contributed by atoms with E-state index in [2.05, 4.69) is 17.2 Å². The molecule has 0 radical (unpaired) electrons. The first kappa shape index (κ1) is 18.4. The van der Waals surface area contributed by atoms with Crippen molar-refractivity contribution in [2.24, 2.45) is 0 Å². The van der Waals surface area contributed by atoms with Gasteiger partial charge in [-0.3, -0.25) is 9.59 Å². The maximum Gasteiger partial charge on any atom is 0.333 e. The number of esters is 1. The van der Waals surface area contributed by atoms with E-state index in [1.807, 2.05) is 0 Å². The first-order valence-corrected chi connectivity index (χ1v) is 8.55. The van der Waals surface area contributed by atoms with Crippen molar-refractivity contribution in [2.45, 2.75) is 6.92 Å². The zero-order chi connectivity index (χ0) is 19.6. The van der Waals surface area contributed by atoms with E-state index in [0.717, 1.165) is 0 Å². The monoisotopic (exact) mass is 364 g/mol. The summed E-state index contributed by atoms with van der Waals surface area (Å²) in [6.45, 7) is 5.52. The quantitative estimate of drug-likeness (QED) is 0.397. The zero-order valence-electron chi connectivity index (χ0n) is 15.2. The molecular formula is C21H20N2O4.